The van der Waals surface area contributed by atoms with Gasteiger partial charge in [0, 0.05) is 19.8 Å². The van der Waals surface area contributed by atoms with Gasteiger partial charge in [-0.15, -0.1) is 0 Å². The first-order valence-electron chi connectivity index (χ1n) is 4.75. The SMILES string of the molecule is COC(COc1ccc(C(N)=O)cc1)OC. The zero-order valence-corrected chi connectivity index (χ0v) is 9.30. The molecule has 0 saturated carbocycles. The van der Waals surface area contributed by atoms with Crippen molar-refractivity contribution >= 4 is 5.91 Å². The predicted octanol–water partition coefficient (Wildman–Crippen LogP) is 0.783. The van der Waals surface area contributed by atoms with Crippen molar-refractivity contribution in [3.8, 4) is 5.75 Å². The van der Waals surface area contributed by atoms with E-state index < -0.39 is 12.2 Å². The fraction of sp³-hybridized carbons (Fsp3) is 0.364. The van der Waals surface area contributed by atoms with Crippen LogP contribution in [-0.2, 0) is 9.47 Å². The van der Waals surface area contributed by atoms with E-state index >= 15 is 0 Å². The van der Waals surface area contributed by atoms with Crippen molar-refractivity contribution in [3.05, 3.63) is 29.8 Å². The summed E-state index contributed by atoms with van der Waals surface area (Å²) in [7, 11) is 3.07. The summed E-state index contributed by atoms with van der Waals surface area (Å²) in [5, 5.41) is 0. The van der Waals surface area contributed by atoms with Crippen LogP contribution >= 0.6 is 0 Å². The first-order chi connectivity index (χ1) is 7.67. The number of methoxy groups -OCH3 is 2. The molecule has 16 heavy (non-hydrogen) atoms. The molecule has 0 saturated heterocycles. The van der Waals surface area contributed by atoms with Crippen molar-refractivity contribution in [1.82, 2.24) is 0 Å². The topological polar surface area (TPSA) is 70.8 Å². The Morgan fingerprint density at radius 1 is 1.25 bits per heavy atom. The van der Waals surface area contributed by atoms with Crippen molar-refractivity contribution in [2.45, 2.75) is 6.29 Å². The van der Waals surface area contributed by atoms with Gasteiger partial charge < -0.3 is 19.9 Å². The quantitative estimate of drug-likeness (QED) is 0.726. The molecule has 1 aromatic rings. The first kappa shape index (κ1) is 12.5. The maximum atomic E-state index is 10.8. The molecule has 2 N–H and O–H groups in total. The molecule has 0 radical (unpaired) electrons. The van der Waals surface area contributed by atoms with E-state index in [0.717, 1.165) is 0 Å². The summed E-state index contributed by atoms with van der Waals surface area (Å²) >= 11 is 0. The number of nitrogens with two attached hydrogens (primary N) is 1. The van der Waals surface area contributed by atoms with E-state index in [-0.39, 0.29) is 6.61 Å². The highest BCUT2D eigenvalue weighted by molar-refractivity contribution is 5.92. The van der Waals surface area contributed by atoms with Crippen LogP contribution in [0.2, 0.25) is 0 Å². The summed E-state index contributed by atoms with van der Waals surface area (Å²) in [6, 6.07) is 6.55. The van der Waals surface area contributed by atoms with Crippen LogP contribution in [0.3, 0.4) is 0 Å². The third-order valence-corrected chi connectivity index (χ3v) is 2.05. The normalized spacial score (nSPS) is 10.4. The van der Waals surface area contributed by atoms with Crippen molar-refractivity contribution in [2.75, 3.05) is 20.8 Å². The number of amides is 1. The highest BCUT2D eigenvalue weighted by atomic mass is 16.7. The number of carbonyl (C=O) groups is 1. The molecule has 0 bridgehead atoms. The van der Waals surface area contributed by atoms with E-state index in [4.69, 9.17) is 19.9 Å². The van der Waals surface area contributed by atoms with Crippen LogP contribution in [0, 0.1) is 0 Å². The van der Waals surface area contributed by atoms with E-state index in [1.807, 2.05) is 0 Å². The lowest BCUT2D eigenvalue weighted by Gasteiger charge is -2.14. The molecule has 5 nitrogen and oxygen atoms in total. The zero-order chi connectivity index (χ0) is 12.0. The van der Waals surface area contributed by atoms with Crippen LogP contribution < -0.4 is 10.5 Å². The molecular weight excluding hydrogens is 210 g/mol. The molecule has 1 amide bonds. The van der Waals surface area contributed by atoms with Gasteiger partial charge in [0.25, 0.3) is 0 Å². The van der Waals surface area contributed by atoms with Crippen LogP contribution in [0.1, 0.15) is 10.4 Å². The lowest BCUT2D eigenvalue weighted by atomic mass is 10.2. The molecule has 0 aliphatic carbocycles. The predicted molar refractivity (Wildman–Crippen MR) is 58.3 cm³/mol. The third-order valence-electron chi connectivity index (χ3n) is 2.05. The smallest absolute Gasteiger partial charge is 0.248 e. The maximum Gasteiger partial charge on any atom is 0.248 e. The van der Waals surface area contributed by atoms with E-state index in [9.17, 15) is 4.79 Å². The van der Waals surface area contributed by atoms with Crippen molar-refractivity contribution in [1.29, 1.82) is 0 Å². The van der Waals surface area contributed by atoms with Crippen molar-refractivity contribution < 1.29 is 19.0 Å². The summed E-state index contributed by atoms with van der Waals surface area (Å²) in [6.45, 7) is 0.281. The van der Waals surface area contributed by atoms with E-state index in [1.54, 1.807) is 24.3 Å². The van der Waals surface area contributed by atoms with Crippen molar-refractivity contribution in [3.63, 3.8) is 0 Å². The zero-order valence-electron chi connectivity index (χ0n) is 9.30. The Morgan fingerprint density at radius 3 is 2.25 bits per heavy atom. The van der Waals surface area contributed by atoms with Crippen LogP contribution in [0.15, 0.2) is 24.3 Å². The van der Waals surface area contributed by atoms with Crippen LogP contribution in [-0.4, -0.2) is 33.0 Å². The molecule has 0 aliphatic heterocycles. The number of rotatable bonds is 6. The molecule has 0 aliphatic rings. The second-order valence-electron chi connectivity index (χ2n) is 3.10. The van der Waals surface area contributed by atoms with Gasteiger partial charge >= 0.3 is 0 Å². The molecular formula is C11H15NO4. The van der Waals surface area contributed by atoms with Gasteiger partial charge in [0.15, 0.2) is 6.29 Å². The van der Waals surface area contributed by atoms with Gasteiger partial charge in [0.05, 0.1) is 0 Å². The van der Waals surface area contributed by atoms with Crippen molar-refractivity contribution in [2.24, 2.45) is 5.73 Å². The largest absolute Gasteiger partial charge is 0.488 e. The summed E-state index contributed by atoms with van der Waals surface area (Å²) in [6.07, 6.45) is -0.407. The Hall–Kier alpha value is -1.59. The number of ether oxygens (including phenoxy) is 3. The maximum absolute atomic E-state index is 10.8. The molecule has 0 unspecified atom stereocenters. The average Bonchev–Trinajstić information content (AvgIpc) is 2.31. The Morgan fingerprint density at radius 2 is 1.81 bits per heavy atom. The van der Waals surface area contributed by atoms with Gasteiger partial charge in [-0.1, -0.05) is 0 Å². The molecule has 1 rings (SSSR count). The van der Waals surface area contributed by atoms with Crippen LogP contribution in [0.4, 0.5) is 0 Å². The van der Waals surface area contributed by atoms with Gasteiger partial charge in [-0.05, 0) is 24.3 Å². The van der Waals surface area contributed by atoms with E-state index in [1.165, 1.54) is 14.2 Å². The Kier molecular flexibility index (Phi) is 4.75. The van der Waals surface area contributed by atoms with E-state index in [0.29, 0.717) is 11.3 Å². The molecule has 88 valence electrons. The highest BCUT2D eigenvalue weighted by Gasteiger charge is 2.06. The second-order valence-corrected chi connectivity index (χ2v) is 3.10. The van der Waals surface area contributed by atoms with Gasteiger partial charge in [0.2, 0.25) is 5.91 Å². The highest BCUT2D eigenvalue weighted by Crippen LogP contribution is 2.12. The Labute approximate surface area is 94.1 Å². The monoisotopic (exact) mass is 225 g/mol. The standard InChI is InChI=1S/C11H15NO4/c1-14-10(15-2)7-16-9-5-3-8(4-6-9)11(12)13/h3-6,10H,7H2,1-2H3,(H2,12,13). The summed E-state index contributed by atoms with van der Waals surface area (Å²) < 4.78 is 15.3. The lowest BCUT2D eigenvalue weighted by molar-refractivity contribution is -0.121. The number of hydrogen-bond donors (Lipinski definition) is 1. The minimum absolute atomic E-state index is 0.281. The molecule has 0 heterocycles. The minimum atomic E-state index is -0.460. The summed E-state index contributed by atoms with van der Waals surface area (Å²) in [5.74, 6) is 0.169. The molecule has 0 aromatic heterocycles. The number of benzene rings is 1. The minimum Gasteiger partial charge on any atom is -0.488 e. The van der Waals surface area contributed by atoms with Gasteiger partial charge in [-0.2, -0.15) is 0 Å². The fourth-order valence-corrected chi connectivity index (χ4v) is 1.11. The number of carbonyl (C=O) groups excluding carboxylic acids is 1. The van der Waals surface area contributed by atoms with Gasteiger partial charge in [-0.25, -0.2) is 0 Å². The molecule has 5 heteroatoms. The average molecular weight is 225 g/mol. The van der Waals surface area contributed by atoms with Crippen LogP contribution in [0.25, 0.3) is 0 Å². The lowest BCUT2D eigenvalue weighted by Crippen LogP contribution is -2.22. The molecule has 0 spiro atoms. The van der Waals surface area contributed by atoms with Crippen LogP contribution in [0.5, 0.6) is 5.75 Å². The van der Waals surface area contributed by atoms with Gasteiger partial charge in [-0.3, -0.25) is 4.79 Å². The Bertz CT molecular complexity index is 332. The first-order valence-corrected chi connectivity index (χ1v) is 4.75. The Balaban J connectivity index is 2.52. The molecule has 0 fully saturated rings. The molecule has 1 aromatic carbocycles. The summed E-state index contributed by atoms with van der Waals surface area (Å²) in [4.78, 5) is 10.8. The fourth-order valence-electron chi connectivity index (χ4n) is 1.11. The number of hydrogen-bond acceptors (Lipinski definition) is 4. The molecule has 0 atom stereocenters. The van der Waals surface area contributed by atoms with Gasteiger partial charge in [0.1, 0.15) is 12.4 Å². The number of primary amides is 1. The van der Waals surface area contributed by atoms with E-state index in [2.05, 4.69) is 0 Å². The second kappa shape index (κ2) is 6.09. The third kappa shape index (κ3) is 3.52. The summed E-state index contributed by atoms with van der Waals surface area (Å²) in [5.41, 5.74) is 5.56.